The van der Waals surface area contributed by atoms with Gasteiger partial charge in [0.15, 0.2) is 0 Å². The van der Waals surface area contributed by atoms with E-state index >= 15 is 0 Å². The Morgan fingerprint density at radius 1 is 0.500 bits per heavy atom. The minimum atomic E-state index is 0.987. The van der Waals surface area contributed by atoms with Gasteiger partial charge in [-0.3, -0.25) is 0 Å². The first-order valence-electron chi connectivity index (χ1n) is 8.79. The standard InChI is InChI=1S/C18H34/c1-15-11-7-3-5-9-13-17-14-10-6-4-8-12-16(2)18(15)17/h15-18H,3-14H2,1-2H3. The molecule has 0 amide bonds. The van der Waals surface area contributed by atoms with Crippen molar-refractivity contribution < 1.29 is 0 Å². The zero-order valence-corrected chi connectivity index (χ0v) is 12.8. The van der Waals surface area contributed by atoms with Crippen molar-refractivity contribution in [2.45, 2.75) is 90.9 Å². The number of fused-ring (bicyclic) bond motifs is 1. The molecule has 2 rings (SSSR count). The van der Waals surface area contributed by atoms with E-state index in [0.29, 0.717) is 0 Å². The second-order valence-corrected chi connectivity index (χ2v) is 7.28. The number of hydrogen-bond acceptors (Lipinski definition) is 0. The monoisotopic (exact) mass is 250 g/mol. The predicted octanol–water partition coefficient (Wildman–Crippen LogP) is 6.20. The summed E-state index contributed by atoms with van der Waals surface area (Å²) < 4.78 is 0. The molecule has 0 heteroatoms. The van der Waals surface area contributed by atoms with Crippen LogP contribution in [0.3, 0.4) is 0 Å². The average Bonchev–Trinajstić information content (AvgIpc) is 2.49. The van der Waals surface area contributed by atoms with Crippen LogP contribution in [-0.4, -0.2) is 0 Å². The molecule has 2 atom stereocenters. The van der Waals surface area contributed by atoms with Crippen LogP contribution in [0.4, 0.5) is 0 Å². The van der Waals surface area contributed by atoms with Crippen LogP contribution in [-0.2, 0) is 0 Å². The summed E-state index contributed by atoms with van der Waals surface area (Å²) in [6.45, 7) is 5.13. The van der Waals surface area contributed by atoms with E-state index in [1.165, 1.54) is 64.2 Å². The molecule has 0 N–H and O–H groups in total. The molecule has 0 nitrogen and oxygen atoms in total. The molecule has 0 bridgehead atoms. The molecular weight excluding hydrogens is 216 g/mol. The van der Waals surface area contributed by atoms with Gasteiger partial charge in [-0.05, 0) is 23.7 Å². The predicted molar refractivity (Wildman–Crippen MR) is 80.7 cm³/mol. The Morgan fingerprint density at radius 3 is 1.33 bits per heavy atom. The van der Waals surface area contributed by atoms with Crippen molar-refractivity contribution in [3.63, 3.8) is 0 Å². The minimum Gasteiger partial charge on any atom is -0.0622 e. The molecule has 0 aromatic heterocycles. The first kappa shape index (κ1) is 14.4. The summed E-state index contributed by atoms with van der Waals surface area (Å²) in [4.78, 5) is 0. The molecule has 0 aliphatic heterocycles. The van der Waals surface area contributed by atoms with Crippen LogP contribution in [0.2, 0.25) is 0 Å². The lowest BCUT2D eigenvalue weighted by Gasteiger charge is -2.36. The van der Waals surface area contributed by atoms with Crippen molar-refractivity contribution in [3.8, 4) is 0 Å². The first-order chi connectivity index (χ1) is 8.79. The van der Waals surface area contributed by atoms with Crippen LogP contribution in [0.1, 0.15) is 90.9 Å². The van der Waals surface area contributed by atoms with E-state index in [9.17, 15) is 0 Å². The Hall–Kier alpha value is 0. The molecule has 106 valence electrons. The second kappa shape index (κ2) is 7.56. The second-order valence-electron chi connectivity index (χ2n) is 7.28. The Morgan fingerprint density at radius 2 is 0.889 bits per heavy atom. The first-order valence-corrected chi connectivity index (χ1v) is 8.79. The van der Waals surface area contributed by atoms with Crippen molar-refractivity contribution in [1.29, 1.82) is 0 Å². The van der Waals surface area contributed by atoms with Gasteiger partial charge < -0.3 is 0 Å². The summed E-state index contributed by atoms with van der Waals surface area (Å²) in [7, 11) is 0. The Kier molecular flexibility index (Phi) is 6.05. The fourth-order valence-corrected chi connectivity index (χ4v) is 4.86. The topological polar surface area (TPSA) is 0 Å². The van der Waals surface area contributed by atoms with Crippen LogP contribution in [0.5, 0.6) is 0 Å². The molecule has 18 heavy (non-hydrogen) atoms. The maximum Gasteiger partial charge on any atom is -0.0334 e. The molecule has 2 aliphatic rings. The number of rotatable bonds is 0. The molecule has 0 saturated heterocycles. The highest BCUT2D eigenvalue weighted by Crippen LogP contribution is 2.41. The quantitative estimate of drug-likeness (QED) is 0.480. The fraction of sp³-hybridized carbons (Fsp3) is 1.00. The lowest BCUT2D eigenvalue weighted by atomic mass is 9.70. The molecule has 2 saturated carbocycles. The van der Waals surface area contributed by atoms with Gasteiger partial charge in [-0.25, -0.2) is 0 Å². The minimum absolute atomic E-state index is 0.987. The summed E-state index contributed by atoms with van der Waals surface area (Å²) in [6.07, 6.45) is 18.1. The van der Waals surface area contributed by atoms with E-state index in [1.807, 2.05) is 0 Å². The van der Waals surface area contributed by atoms with Gasteiger partial charge in [0.05, 0.1) is 0 Å². The largest absolute Gasteiger partial charge is 0.0622 e. The van der Waals surface area contributed by atoms with E-state index in [1.54, 1.807) is 12.8 Å². The van der Waals surface area contributed by atoms with Crippen LogP contribution < -0.4 is 0 Å². The van der Waals surface area contributed by atoms with Crippen LogP contribution in [0.25, 0.3) is 0 Å². The zero-order chi connectivity index (χ0) is 12.8. The Bertz CT molecular complexity index is 198. The third-order valence-electron chi connectivity index (χ3n) is 5.83. The SMILES string of the molecule is CC1CCCCCCC2CCCCCCC(C)C12. The lowest BCUT2D eigenvalue weighted by molar-refractivity contribution is 0.137. The molecule has 0 radical (unpaired) electrons. The Labute approximate surface area is 115 Å². The van der Waals surface area contributed by atoms with E-state index in [0.717, 1.165) is 23.7 Å². The normalized spacial score (nSPS) is 40.3. The van der Waals surface area contributed by atoms with Gasteiger partial charge in [0.1, 0.15) is 0 Å². The summed E-state index contributed by atoms with van der Waals surface area (Å²) in [6, 6.07) is 0. The summed E-state index contributed by atoms with van der Waals surface area (Å²) in [5.74, 6) is 4.08. The molecule has 2 unspecified atom stereocenters. The Balaban J connectivity index is 2.09. The van der Waals surface area contributed by atoms with Crippen molar-refractivity contribution >= 4 is 0 Å². The third kappa shape index (κ3) is 4.00. The van der Waals surface area contributed by atoms with E-state index in [2.05, 4.69) is 13.8 Å². The van der Waals surface area contributed by atoms with Gasteiger partial charge in [0.2, 0.25) is 0 Å². The van der Waals surface area contributed by atoms with Gasteiger partial charge in [-0.2, -0.15) is 0 Å². The van der Waals surface area contributed by atoms with Crippen molar-refractivity contribution in [3.05, 3.63) is 0 Å². The molecule has 0 aromatic carbocycles. The highest BCUT2D eigenvalue weighted by Gasteiger charge is 2.31. The van der Waals surface area contributed by atoms with Crippen molar-refractivity contribution in [1.82, 2.24) is 0 Å². The van der Waals surface area contributed by atoms with Crippen LogP contribution >= 0.6 is 0 Å². The molecule has 2 aliphatic carbocycles. The van der Waals surface area contributed by atoms with Crippen molar-refractivity contribution in [2.24, 2.45) is 23.7 Å². The number of hydrogen-bond donors (Lipinski definition) is 0. The van der Waals surface area contributed by atoms with Gasteiger partial charge >= 0.3 is 0 Å². The highest BCUT2D eigenvalue weighted by molar-refractivity contribution is 4.81. The molecule has 2 fully saturated rings. The van der Waals surface area contributed by atoms with Crippen LogP contribution in [0, 0.1) is 23.7 Å². The van der Waals surface area contributed by atoms with Crippen molar-refractivity contribution in [2.75, 3.05) is 0 Å². The summed E-state index contributed by atoms with van der Waals surface area (Å²) in [5.41, 5.74) is 0. The molecule has 0 aromatic rings. The van der Waals surface area contributed by atoms with E-state index in [-0.39, 0.29) is 0 Å². The fourth-order valence-electron chi connectivity index (χ4n) is 4.86. The van der Waals surface area contributed by atoms with Gasteiger partial charge in [0, 0.05) is 0 Å². The van der Waals surface area contributed by atoms with Gasteiger partial charge in [-0.15, -0.1) is 0 Å². The van der Waals surface area contributed by atoms with E-state index < -0.39 is 0 Å². The molecule has 0 heterocycles. The maximum atomic E-state index is 2.57. The summed E-state index contributed by atoms with van der Waals surface area (Å²) >= 11 is 0. The van der Waals surface area contributed by atoms with Gasteiger partial charge in [-0.1, -0.05) is 90.9 Å². The third-order valence-corrected chi connectivity index (χ3v) is 5.83. The maximum absolute atomic E-state index is 2.57. The lowest BCUT2D eigenvalue weighted by Crippen LogP contribution is -2.28. The zero-order valence-electron chi connectivity index (χ0n) is 12.8. The molecular formula is C18H34. The van der Waals surface area contributed by atoms with Crippen LogP contribution in [0.15, 0.2) is 0 Å². The highest BCUT2D eigenvalue weighted by atomic mass is 14.4. The van der Waals surface area contributed by atoms with E-state index in [4.69, 9.17) is 0 Å². The smallest absolute Gasteiger partial charge is 0.0334 e. The summed E-state index contributed by atoms with van der Waals surface area (Å²) in [5, 5.41) is 0. The molecule has 0 spiro atoms. The average molecular weight is 250 g/mol. The van der Waals surface area contributed by atoms with Gasteiger partial charge in [0.25, 0.3) is 0 Å².